The van der Waals surface area contributed by atoms with Crippen LogP contribution < -0.4 is 10.6 Å². The van der Waals surface area contributed by atoms with Crippen LogP contribution in [0.4, 0.5) is 5.95 Å². The molecule has 3 aromatic heterocycles. The number of hydrogen-bond acceptors (Lipinski definition) is 6. The molecule has 0 unspecified atom stereocenters. The summed E-state index contributed by atoms with van der Waals surface area (Å²) >= 11 is 0. The van der Waals surface area contributed by atoms with Crippen molar-refractivity contribution in [3.63, 3.8) is 0 Å². The van der Waals surface area contributed by atoms with E-state index in [4.69, 9.17) is 9.72 Å². The number of carbonyl (C=O) groups is 1. The number of pyridine rings is 1. The van der Waals surface area contributed by atoms with E-state index in [9.17, 15) is 4.79 Å². The molecule has 0 aromatic carbocycles. The van der Waals surface area contributed by atoms with Gasteiger partial charge in [0.2, 0.25) is 5.95 Å². The molecular weight excluding hydrogens is 440 g/mol. The van der Waals surface area contributed by atoms with Crippen molar-refractivity contribution in [3.8, 4) is 0 Å². The molecular formula is C27H32N6O2. The summed E-state index contributed by atoms with van der Waals surface area (Å²) in [6.45, 7) is 4.60. The number of ether oxygens (including phenoxy) is 1. The van der Waals surface area contributed by atoms with Gasteiger partial charge in [-0.05, 0) is 73.6 Å². The van der Waals surface area contributed by atoms with E-state index >= 15 is 0 Å². The van der Waals surface area contributed by atoms with Gasteiger partial charge in [-0.2, -0.15) is 5.10 Å². The average molecular weight is 473 g/mol. The zero-order valence-corrected chi connectivity index (χ0v) is 20.2. The second kappa shape index (κ2) is 9.07. The summed E-state index contributed by atoms with van der Waals surface area (Å²) in [6, 6.07) is 4.27. The molecule has 182 valence electrons. The Bertz CT molecular complexity index is 1290. The number of nitrogens with zero attached hydrogens (tertiary/aromatic N) is 4. The van der Waals surface area contributed by atoms with Crippen LogP contribution >= 0.6 is 0 Å². The summed E-state index contributed by atoms with van der Waals surface area (Å²) in [5, 5.41) is 11.0. The maximum atomic E-state index is 13.1. The summed E-state index contributed by atoms with van der Waals surface area (Å²) in [7, 11) is 0. The Hall–Kier alpha value is -3.26. The Balaban J connectivity index is 1.28. The molecule has 1 aliphatic heterocycles. The number of rotatable bonds is 6. The lowest BCUT2D eigenvalue weighted by Crippen LogP contribution is -2.38. The van der Waals surface area contributed by atoms with E-state index in [0.29, 0.717) is 24.2 Å². The Morgan fingerprint density at radius 2 is 2.11 bits per heavy atom. The molecule has 1 saturated carbocycles. The molecule has 1 saturated heterocycles. The van der Waals surface area contributed by atoms with Gasteiger partial charge in [-0.3, -0.25) is 4.79 Å². The van der Waals surface area contributed by atoms with Crippen molar-refractivity contribution in [2.45, 2.75) is 57.9 Å². The summed E-state index contributed by atoms with van der Waals surface area (Å²) in [5.74, 6) is 0.638. The highest BCUT2D eigenvalue weighted by Crippen LogP contribution is 2.44. The smallest absolute Gasteiger partial charge is 0.255 e. The number of amides is 1. The van der Waals surface area contributed by atoms with E-state index in [-0.39, 0.29) is 11.9 Å². The SMILES string of the molecule is CC1(CNc2ncc3c(n2)CCCC=C3c2ccn3ncc(C(=O)NC4CCOCC4)c3c2)CC1. The molecule has 0 atom stereocenters. The first-order valence-electron chi connectivity index (χ1n) is 12.7. The molecule has 3 aromatic rings. The van der Waals surface area contributed by atoms with E-state index in [2.05, 4.69) is 45.8 Å². The molecule has 2 N–H and O–H groups in total. The fourth-order valence-corrected chi connectivity index (χ4v) is 4.93. The largest absolute Gasteiger partial charge is 0.381 e. The number of fused-ring (bicyclic) bond motifs is 2. The maximum Gasteiger partial charge on any atom is 0.255 e. The molecule has 6 rings (SSSR count). The molecule has 4 heterocycles. The number of hydrogen-bond donors (Lipinski definition) is 2. The number of allylic oxidation sites excluding steroid dienone is 1. The predicted molar refractivity (Wildman–Crippen MR) is 134 cm³/mol. The lowest BCUT2D eigenvalue weighted by molar-refractivity contribution is 0.0697. The fourth-order valence-electron chi connectivity index (χ4n) is 4.93. The van der Waals surface area contributed by atoms with Crippen molar-refractivity contribution >= 4 is 22.9 Å². The standard InChI is InChI=1S/C27H32N6O2/c1-27(9-10-27)17-29-26-28-15-21-20(4-2-3-5-23(21)32-26)18-6-11-33-24(14-18)22(16-30-33)25(34)31-19-7-12-35-13-8-19/h4,6,11,14-16,19H,2-3,5,7-10,12-13,17H2,1H3,(H,31,34)(H,28,29,32). The van der Waals surface area contributed by atoms with Gasteiger partial charge in [0.1, 0.15) is 0 Å². The van der Waals surface area contributed by atoms with Crippen LogP contribution in [0.15, 0.2) is 36.8 Å². The molecule has 8 nitrogen and oxygen atoms in total. The van der Waals surface area contributed by atoms with Crippen molar-refractivity contribution in [1.82, 2.24) is 24.9 Å². The summed E-state index contributed by atoms with van der Waals surface area (Å²) in [6.07, 6.45) is 15.0. The van der Waals surface area contributed by atoms with Crippen molar-refractivity contribution in [1.29, 1.82) is 0 Å². The fraction of sp³-hybridized carbons (Fsp3) is 0.481. The van der Waals surface area contributed by atoms with Crippen LogP contribution in [0.3, 0.4) is 0 Å². The second-order valence-electron chi connectivity index (χ2n) is 10.4. The van der Waals surface area contributed by atoms with Gasteiger partial charge in [0.05, 0.1) is 23.0 Å². The number of carbonyl (C=O) groups excluding carboxylic acids is 1. The summed E-state index contributed by atoms with van der Waals surface area (Å²) < 4.78 is 7.18. The predicted octanol–water partition coefficient (Wildman–Crippen LogP) is 4.01. The Kier molecular flexibility index (Phi) is 5.76. The average Bonchev–Trinajstić information content (AvgIpc) is 3.53. The third-order valence-electron chi connectivity index (χ3n) is 7.53. The summed E-state index contributed by atoms with van der Waals surface area (Å²) in [4.78, 5) is 22.6. The van der Waals surface area contributed by atoms with Crippen molar-refractivity contribution in [3.05, 3.63) is 59.2 Å². The normalized spacial score (nSPS) is 19.5. The minimum atomic E-state index is -0.0808. The van der Waals surface area contributed by atoms with Gasteiger partial charge in [0.25, 0.3) is 5.91 Å². The van der Waals surface area contributed by atoms with Gasteiger partial charge < -0.3 is 15.4 Å². The molecule has 2 fully saturated rings. The molecule has 8 heteroatoms. The van der Waals surface area contributed by atoms with Crippen LogP contribution in [0.2, 0.25) is 0 Å². The highest BCUT2D eigenvalue weighted by Gasteiger charge is 2.37. The number of anilines is 1. The molecule has 1 amide bonds. The first-order valence-corrected chi connectivity index (χ1v) is 12.7. The third-order valence-corrected chi connectivity index (χ3v) is 7.53. The lowest BCUT2D eigenvalue weighted by Gasteiger charge is -2.22. The lowest BCUT2D eigenvalue weighted by atomic mass is 9.98. The second-order valence-corrected chi connectivity index (χ2v) is 10.4. The van der Waals surface area contributed by atoms with Gasteiger partial charge in [-0.15, -0.1) is 0 Å². The highest BCUT2D eigenvalue weighted by atomic mass is 16.5. The van der Waals surface area contributed by atoms with E-state index in [1.165, 1.54) is 12.8 Å². The topological polar surface area (TPSA) is 93.4 Å². The summed E-state index contributed by atoms with van der Waals surface area (Å²) in [5.41, 5.74) is 6.12. The van der Waals surface area contributed by atoms with Crippen molar-refractivity contribution < 1.29 is 9.53 Å². The van der Waals surface area contributed by atoms with E-state index in [1.54, 1.807) is 10.7 Å². The van der Waals surface area contributed by atoms with Gasteiger partial charge in [0, 0.05) is 43.8 Å². The van der Waals surface area contributed by atoms with Gasteiger partial charge >= 0.3 is 0 Å². The van der Waals surface area contributed by atoms with Crippen LogP contribution in [0.5, 0.6) is 0 Å². The van der Waals surface area contributed by atoms with Gasteiger partial charge in [-0.25, -0.2) is 14.5 Å². The Labute approximate surface area is 205 Å². The highest BCUT2D eigenvalue weighted by molar-refractivity contribution is 6.01. The number of aromatic nitrogens is 4. The first-order chi connectivity index (χ1) is 17.1. The monoisotopic (exact) mass is 472 g/mol. The first kappa shape index (κ1) is 22.2. The molecule has 0 bridgehead atoms. The minimum Gasteiger partial charge on any atom is -0.381 e. The number of nitrogens with one attached hydrogen (secondary N) is 2. The van der Waals surface area contributed by atoms with Gasteiger partial charge in [-0.1, -0.05) is 13.0 Å². The van der Waals surface area contributed by atoms with E-state index in [0.717, 1.165) is 72.5 Å². The molecule has 35 heavy (non-hydrogen) atoms. The van der Waals surface area contributed by atoms with Crippen LogP contribution in [0.1, 0.15) is 72.6 Å². The van der Waals surface area contributed by atoms with Crippen LogP contribution in [0, 0.1) is 5.41 Å². The Morgan fingerprint density at radius 1 is 1.26 bits per heavy atom. The molecule has 2 aliphatic carbocycles. The van der Waals surface area contributed by atoms with E-state index < -0.39 is 0 Å². The van der Waals surface area contributed by atoms with Crippen LogP contribution in [-0.2, 0) is 11.2 Å². The van der Waals surface area contributed by atoms with Crippen LogP contribution in [-0.4, -0.2) is 51.3 Å². The van der Waals surface area contributed by atoms with Crippen molar-refractivity contribution in [2.75, 3.05) is 25.1 Å². The maximum absolute atomic E-state index is 13.1. The van der Waals surface area contributed by atoms with E-state index in [1.807, 2.05) is 12.4 Å². The van der Waals surface area contributed by atoms with Crippen LogP contribution in [0.25, 0.3) is 11.1 Å². The number of aryl methyl sites for hydroxylation is 1. The zero-order chi connectivity index (χ0) is 23.8. The van der Waals surface area contributed by atoms with Crippen molar-refractivity contribution in [2.24, 2.45) is 5.41 Å². The molecule has 0 spiro atoms. The zero-order valence-electron chi connectivity index (χ0n) is 20.2. The molecule has 3 aliphatic rings. The third kappa shape index (κ3) is 4.67. The van der Waals surface area contributed by atoms with Gasteiger partial charge in [0.15, 0.2) is 0 Å². The Morgan fingerprint density at radius 3 is 2.94 bits per heavy atom. The quantitative estimate of drug-likeness (QED) is 0.563. The molecule has 0 radical (unpaired) electrons. The minimum absolute atomic E-state index is 0.0808.